The van der Waals surface area contributed by atoms with Gasteiger partial charge in [-0.3, -0.25) is 9.59 Å². The Balaban J connectivity index is 2.44. The number of rotatable bonds is 7. The van der Waals surface area contributed by atoms with Gasteiger partial charge < -0.3 is 4.74 Å². The highest BCUT2D eigenvalue weighted by molar-refractivity contribution is 8.00. The van der Waals surface area contributed by atoms with Crippen molar-refractivity contribution in [2.24, 2.45) is 0 Å². The number of alkyl halides is 1. The quantitative estimate of drug-likeness (QED) is 0.334. The van der Waals surface area contributed by atoms with Crippen LogP contribution < -0.4 is 0 Å². The molecule has 18 heavy (non-hydrogen) atoms. The summed E-state index contributed by atoms with van der Waals surface area (Å²) in [7, 11) is 0. The molecule has 1 aromatic rings. The molecule has 0 amide bonds. The number of ether oxygens (including phenoxy) is 1. The standard InChI is InChI=1S/C13H15ClO3S/c1-2-7-17-13(16)9-18-11-5-3-10(4-6-11)12(15)8-14/h3-6H,2,7-9H2,1H3. The molecule has 0 saturated heterocycles. The minimum absolute atomic E-state index is 0.0180. The third-order valence-electron chi connectivity index (χ3n) is 2.12. The average molecular weight is 287 g/mol. The highest BCUT2D eigenvalue weighted by atomic mass is 35.5. The van der Waals surface area contributed by atoms with Gasteiger partial charge in [-0.25, -0.2) is 0 Å². The third-order valence-corrected chi connectivity index (χ3v) is 3.35. The zero-order valence-corrected chi connectivity index (χ0v) is 11.7. The Labute approximate surface area is 116 Å². The fourth-order valence-electron chi connectivity index (χ4n) is 1.21. The van der Waals surface area contributed by atoms with Crippen molar-refractivity contribution in [1.82, 2.24) is 0 Å². The van der Waals surface area contributed by atoms with Crippen molar-refractivity contribution in [2.75, 3.05) is 18.2 Å². The van der Waals surface area contributed by atoms with Gasteiger partial charge in [0.05, 0.1) is 18.2 Å². The van der Waals surface area contributed by atoms with Gasteiger partial charge in [-0.15, -0.1) is 23.4 Å². The van der Waals surface area contributed by atoms with Crippen LogP contribution >= 0.6 is 23.4 Å². The van der Waals surface area contributed by atoms with Crippen LogP contribution in [0.3, 0.4) is 0 Å². The van der Waals surface area contributed by atoms with E-state index < -0.39 is 0 Å². The Morgan fingerprint density at radius 1 is 1.28 bits per heavy atom. The van der Waals surface area contributed by atoms with Gasteiger partial charge in [-0.2, -0.15) is 0 Å². The van der Waals surface area contributed by atoms with Crippen molar-refractivity contribution in [1.29, 1.82) is 0 Å². The molecule has 0 fully saturated rings. The van der Waals surface area contributed by atoms with E-state index >= 15 is 0 Å². The zero-order valence-electron chi connectivity index (χ0n) is 10.1. The maximum absolute atomic E-state index is 11.3. The van der Waals surface area contributed by atoms with Crippen molar-refractivity contribution in [3.63, 3.8) is 0 Å². The Hall–Kier alpha value is -1.00. The molecule has 0 bridgehead atoms. The van der Waals surface area contributed by atoms with Crippen LogP contribution in [0.5, 0.6) is 0 Å². The molecule has 5 heteroatoms. The molecule has 0 aliphatic rings. The summed E-state index contributed by atoms with van der Waals surface area (Å²) >= 11 is 6.85. The van der Waals surface area contributed by atoms with Crippen molar-refractivity contribution < 1.29 is 14.3 Å². The summed E-state index contributed by atoms with van der Waals surface area (Å²) in [6.45, 7) is 2.41. The second-order valence-corrected chi connectivity index (χ2v) is 4.91. The van der Waals surface area contributed by atoms with E-state index in [9.17, 15) is 9.59 Å². The van der Waals surface area contributed by atoms with E-state index in [1.54, 1.807) is 24.3 Å². The van der Waals surface area contributed by atoms with Crippen molar-refractivity contribution in [2.45, 2.75) is 18.2 Å². The first-order chi connectivity index (χ1) is 8.67. The van der Waals surface area contributed by atoms with Crippen LogP contribution in [-0.4, -0.2) is 30.0 Å². The average Bonchev–Trinajstić information content (AvgIpc) is 2.42. The highest BCUT2D eigenvalue weighted by Gasteiger charge is 2.06. The molecule has 0 atom stereocenters. The van der Waals surface area contributed by atoms with E-state index in [1.165, 1.54) is 11.8 Å². The van der Waals surface area contributed by atoms with Crippen LogP contribution in [0.15, 0.2) is 29.2 Å². The van der Waals surface area contributed by atoms with Crippen LogP contribution in [0.4, 0.5) is 0 Å². The fraction of sp³-hybridized carbons (Fsp3) is 0.385. The van der Waals surface area contributed by atoms with Gasteiger partial charge >= 0.3 is 5.97 Å². The van der Waals surface area contributed by atoms with Gasteiger partial charge in [0.2, 0.25) is 0 Å². The van der Waals surface area contributed by atoms with E-state index in [0.29, 0.717) is 12.2 Å². The first-order valence-corrected chi connectivity index (χ1v) is 7.17. The second kappa shape index (κ2) is 8.16. The predicted molar refractivity (Wildman–Crippen MR) is 73.5 cm³/mol. The molecular formula is C13H15ClO3S. The number of Topliss-reactive ketones (excluding diaryl/α,β-unsaturated/α-hetero) is 1. The van der Waals surface area contributed by atoms with Gasteiger partial charge in [-0.05, 0) is 18.6 Å². The summed E-state index contributed by atoms with van der Waals surface area (Å²) in [5.41, 5.74) is 0.586. The summed E-state index contributed by atoms with van der Waals surface area (Å²) in [6.07, 6.45) is 0.825. The third kappa shape index (κ3) is 5.10. The Kier molecular flexibility index (Phi) is 6.83. The molecular weight excluding hydrogens is 272 g/mol. The van der Waals surface area contributed by atoms with Crippen LogP contribution in [0.2, 0.25) is 0 Å². The van der Waals surface area contributed by atoms with Crippen molar-refractivity contribution in [3.05, 3.63) is 29.8 Å². The van der Waals surface area contributed by atoms with E-state index in [1.807, 2.05) is 6.92 Å². The molecule has 3 nitrogen and oxygen atoms in total. The second-order valence-electron chi connectivity index (χ2n) is 3.59. The van der Waals surface area contributed by atoms with E-state index in [4.69, 9.17) is 16.3 Å². The summed E-state index contributed by atoms with van der Waals surface area (Å²) in [6, 6.07) is 7.03. The zero-order chi connectivity index (χ0) is 13.4. The van der Waals surface area contributed by atoms with E-state index in [0.717, 1.165) is 11.3 Å². The van der Waals surface area contributed by atoms with Crippen LogP contribution in [0, 0.1) is 0 Å². The molecule has 0 aliphatic heterocycles. The molecule has 1 aromatic carbocycles. The minimum Gasteiger partial charge on any atom is -0.465 e. The Morgan fingerprint density at radius 2 is 1.94 bits per heavy atom. The Bertz CT molecular complexity index is 403. The maximum Gasteiger partial charge on any atom is 0.316 e. The van der Waals surface area contributed by atoms with Crippen LogP contribution in [0.1, 0.15) is 23.7 Å². The lowest BCUT2D eigenvalue weighted by Crippen LogP contribution is -2.07. The molecule has 0 saturated carbocycles. The molecule has 0 aliphatic carbocycles. The number of esters is 1. The van der Waals surface area contributed by atoms with Crippen molar-refractivity contribution in [3.8, 4) is 0 Å². The smallest absolute Gasteiger partial charge is 0.316 e. The van der Waals surface area contributed by atoms with Crippen LogP contribution in [0.25, 0.3) is 0 Å². The largest absolute Gasteiger partial charge is 0.465 e. The molecule has 0 radical (unpaired) electrons. The number of hydrogen-bond acceptors (Lipinski definition) is 4. The lowest BCUT2D eigenvalue weighted by molar-refractivity contribution is -0.140. The van der Waals surface area contributed by atoms with Gasteiger partial charge in [0.1, 0.15) is 0 Å². The van der Waals surface area contributed by atoms with E-state index in [2.05, 4.69) is 0 Å². The summed E-state index contributed by atoms with van der Waals surface area (Å²) in [4.78, 5) is 23.5. The SMILES string of the molecule is CCCOC(=O)CSc1ccc(C(=O)CCl)cc1. The first-order valence-electron chi connectivity index (χ1n) is 5.65. The molecule has 0 spiro atoms. The number of benzene rings is 1. The molecule has 1 rings (SSSR count). The summed E-state index contributed by atoms with van der Waals surface area (Å²) < 4.78 is 4.96. The molecule has 0 unspecified atom stereocenters. The fourth-order valence-corrected chi connectivity index (χ4v) is 2.06. The first kappa shape index (κ1) is 15.1. The predicted octanol–water partition coefficient (Wildman–Crippen LogP) is 3.15. The topological polar surface area (TPSA) is 43.4 Å². The lowest BCUT2D eigenvalue weighted by Gasteiger charge is -2.04. The molecule has 98 valence electrons. The molecule has 0 heterocycles. The van der Waals surface area contributed by atoms with E-state index in [-0.39, 0.29) is 23.4 Å². The Morgan fingerprint density at radius 3 is 2.50 bits per heavy atom. The van der Waals surface area contributed by atoms with Gasteiger partial charge in [0, 0.05) is 10.5 Å². The normalized spacial score (nSPS) is 10.1. The minimum atomic E-state index is -0.220. The van der Waals surface area contributed by atoms with Gasteiger partial charge in [0.15, 0.2) is 5.78 Å². The number of carbonyl (C=O) groups excluding carboxylic acids is 2. The monoisotopic (exact) mass is 286 g/mol. The maximum atomic E-state index is 11.3. The highest BCUT2D eigenvalue weighted by Crippen LogP contribution is 2.19. The number of ketones is 1. The molecule has 0 N–H and O–H groups in total. The number of hydrogen-bond donors (Lipinski definition) is 0. The number of thioether (sulfide) groups is 1. The summed E-state index contributed by atoms with van der Waals surface area (Å²) in [5, 5.41) is 0. The van der Waals surface area contributed by atoms with Crippen LogP contribution in [-0.2, 0) is 9.53 Å². The lowest BCUT2D eigenvalue weighted by atomic mass is 10.1. The van der Waals surface area contributed by atoms with Gasteiger partial charge in [-0.1, -0.05) is 19.1 Å². The summed E-state index contributed by atoms with van der Waals surface area (Å²) in [5.74, 6) is -0.0585. The van der Waals surface area contributed by atoms with Crippen molar-refractivity contribution >= 4 is 35.1 Å². The molecule has 0 aromatic heterocycles. The number of carbonyl (C=O) groups is 2. The van der Waals surface area contributed by atoms with Gasteiger partial charge in [0.25, 0.3) is 0 Å². The number of halogens is 1.